The van der Waals surface area contributed by atoms with E-state index in [4.69, 9.17) is 4.74 Å². The van der Waals surface area contributed by atoms with Gasteiger partial charge < -0.3 is 9.64 Å². The molecule has 4 nitrogen and oxygen atoms in total. The number of hydrogen-bond acceptors (Lipinski definition) is 3. The summed E-state index contributed by atoms with van der Waals surface area (Å²) >= 11 is 0. The lowest BCUT2D eigenvalue weighted by atomic mass is 10.00. The van der Waals surface area contributed by atoms with Crippen LogP contribution in [0.25, 0.3) is 0 Å². The zero-order valence-corrected chi connectivity index (χ0v) is 8.78. The zero-order chi connectivity index (χ0) is 10.6. The highest BCUT2D eigenvalue weighted by molar-refractivity contribution is 6.34. The third kappa shape index (κ3) is 3.10. The number of rotatable bonds is 3. The van der Waals surface area contributed by atoms with Gasteiger partial charge in [0, 0.05) is 33.7 Å². The third-order valence-electron chi connectivity index (χ3n) is 2.52. The van der Waals surface area contributed by atoms with Crippen LogP contribution >= 0.6 is 0 Å². The van der Waals surface area contributed by atoms with E-state index in [1.165, 1.54) is 11.8 Å². The van der Waals surface area contributed by atoms with Crippen molar-refractivity contribution in [2.75, 3.05) is 26.8 Å². The van der Waals surface area contributed by atoms with Crippen molar-refractivity contribution >= 4 is 11.7 Å². The molecule has 0 unspecified atom stereocenters. The number of carbonyl (C=O) groups excluding carboxylic acids is 2. The Balaban J connectivity index is 2.35. The van der Waals surface area contributed by atoms with E-state index in [-0.39, 0.29) is 5.78 Å². The van der Waals surface area contributed by atoms with Crippen molar-refractivity contribution < 1.29 is 14.3 Å². The molecule has 0 spiro atoms. The summed E-state index contributed by atoms with van der Waals surface area (Å²) in [5, 5.41) is 0. The highest BCUT2D eigenvalue weighted by Crippen LogP contribution is 2.15. The number of nitrogens with zero attached hydrogens (tertiary/aromatic N) is 1. The predicted molar refractivity (Wildman–Crippen MR) is 51.9 cm³/mol. The zero-order valence-electron chi connectivity index (χ0n) is 8.78. The van der Waals surface area contributed by atoms with E-state index in [1.807, 2.05) is 0 Å². The number of ether oxygens (including phenoxy) is 1. The monoisotopic (exact) mass is 199 g/mol. The van der Waals surface area contributed by atoms with Gasteiger partial charge in [0.15, 0.2) is 0 Å². The van der Waals surface area contributed by atoms with Crippen LogP contribution in [0.15, 0.2) is 0 Å². The minimum absolute atomic E-state index is 0.389. The van der Waals surface area contributed by atoms with Crippen molar-refractivity contribution in [1.82, 2.24) is 4.90 Å². The van der Waals surface area contributed by atoms with E-state index in [0.29, 0.717) is 12.5 Å². The fourth-order valence-electron chi connectivity index (χ4n) is 1.67. The van der Waals surface area contributed by atoms with Crippen molar-refractivity contribution in [2.24, 2.45) is 5.92 Å². The number of hydrogen-bond donors (Lipinski definition) is 0. The first-order chi connectivity index (χ1) is 6.61. The van der Waals surface area contributed by atoms with E-state index in [2.05, 4.69) is 0 Å². The minimum atomic E-state index is -0.392. The summed E-state index contributed by atoms with van der Waals surface area (Å²) in [7, 11) is 1.68. The average molecular weight is 199 g/mol. The van der Waals surface area contributed by atoms with Crippen LogP contribution in [-0.4, -0.2) is 43.4 Å². The molecule has 1 saturated heterocycles. The number of carbonyl (C=O) groups is 2. The normalized spacial score (nSPS) is 17.9. The molecule has 0 saturated carbocycles. The molecule has 1 amide bonds. The van der Waals surface area contributed by atoms with Gasteiger partial charge in [0.05, 0.1) is 0 Å². The molecule has 0 radical (unpaired) electrons. The standard InChI is InChI=1S/C10H17NO3/c1-8(12)10(13)11(2)7-9-3-5-14-6-4-9/h9H,3-7H2,1-2H3. The molecule has 0 aliphatic carbocycles. The summed E-state index contributed by atoms with van der Waals surface area (Å²) in [5.74, 6) is -0.298. The van der Waals surface area contributed by atoms with Crippen LogP contribution in [0.1, 0.15) is 19.8 Å². The second-order valence-corrected chi connectivity index (χ2v) is 3.80. The van der Waals surface area contributed by atoms with Crippen LogP contribution < -0.4 is 0 Å². The summed E-state index contributed by atoms with van der Waals surface area (Å²) in [6, 6.07) is 0. The maximum atomic E-state index is 11.3. The van der Waals surface area contributed by atoms with E-state index in [0.717, 1.165) is 26.1 Å². The molecule has 0 N–H and O–H groups in total. The summed E-state index contributed by atoms with van der Waals surface area (Å²) in [4.78, 5) is 23.6. The molecule has 1 aliphatic heterocycles. The number of Topliss-reactive ketones (excluding diaryl/α,β-unsaturated/α-hetero) is 1. The lowest BCUT2D eigenvalue weighted by Crippen LogP contribution is -2.37. The molecule has 80 valence electrons. The van der Waals surface area contributed by atoms with Gasteiger partial charge in [-0.2, -0.15) is 0 Å². The first-order valence-corrected chi connectivity index (χ1v) is 4.95. The van der Waals surface area contributed by atoms with E-state index in [9.17, 15) is 9.59 Å². The molecule has 4 heteroatoms. The molecular formula is C10H17NO3. The summed E-state index contributed by atoms with van der Waals surface area (Å²) in [6.45, 7) is 3.52. The Bertz CT molecular complexity index is 221. The van der Waals surface area contributed by atoms with Gasteiger partial charge in [-0.3, -0.25) is 9.59 Å². The fourth-order valence-corrected chi connectivity index (χ4v) is 1.67. The van der Waals surface area contributed by atoms with Crippen molar-refractivity contribution in [3.05, 3.63) is 0 Å². The summed E-state index contributed by atoms with van der Waals surface area (Å²) in [6.07, 6.45) is 1.96. The molecular weight excluding hydrogens is 182 g/mol. The average Bonchev–Trinajstić information content (AvgIpc) is 2.18. The molecule has 1 aliphatic rings. The van der Waals surface area contributed by atoms with Gasteiger partial charge in [-0.05, 0) is 18.8 Å². The van der Waals surface area contributed by atoms with Crippen molar-refractivity contribution in [2.45, 2.75) is 19.8 Å². The molecule has 0 aromatic rings. The Morgan fingerprint density at radius 1 is 1.36 bits per heavy atom. The van der Waals surface area contributed by atoms with Crippen LogP contribution in [0.5, 0.6) is 0 Å². The molecule has 0 aromatic carbocycles. The molecule has 0 bridgehead atoms. The Morgan fingerprint density at radius 2 is 1.93 bits per heavy atom. The quantitative estimate of drug-likeness (QED) is 0.620. The number of amides is 1. The van der Waals surface area contributed by atoms with Gasteiger partial charge in [-0.25, -0.2) is 0 Å². The highest BCUT2D eigenvalue weighted by atomic mass is 16.5. The summed E-state index contributed by atoms with van der Waals surface area (Å²) in [5.41, 5.74) is 0. The van der Waals surface area contributed by atoms with Crippen LogP contribution in [-0.2, 0) is 14.3 Å². The molecule has 14 heavy (non-hydrogen) atoms. The van der Waals surface area contributed by atoms with E-state index >= 15 is 0 Å². The molecule has 0 aromatic heterocycles. The van der Waals surface area contributed by atoms with Crippen LogP contribution in [0.3, 0.4) is 0 Å². The first kappa shape index (κ1) is 11.2. The predicted octanol–water partition coefficient (Wildman–Crippen LogP) is 0.460. The van der Waals surface area contributed by atoms with Crippen molar-refractivity contribution in [3.8, 4) is 0 Å². The van der Waals surface area contributed by atoms with Crippen molar-refractivity contribution in [3.63, 3.8) is 0 Å². The third-order valence-corrected chi connectivity index (χ3v) is 2.52. The second-order valence-electron chi connectivity index (χ2n) is 3.80. The maximum absolute atomic E-state index is 11.3. The van der Waals surface area contributed by atoms with Gasteiger partial charge in [0.2, 0.25) is 5.78 Å². The lowest BCUT2D eigenvalue weighted by molar-refractivity contribution is -0.143. The van der Waals surface area contributed by atoms with Crippen LogP contribution in [0.2, 0.25) is 0 Å². The highest BCUT2D eigenvalue weighted by Gasteiger charge is 2.20. The van der Waals surface area contributed by atoms with Gasteiger partial charge in [-0.1, -0.05) is 0 Å². The van der Waals surface area contributed by atoms with Crippen LogP contribution in [0, 0.1) is 5.92 Å². The van der Waals surface area contributed by atoms with Crippen molar-refractivity contribution in [1.29, 1.82) is 0 Å². The molecule has 1 fully saturated rings. The molecule has 1 heterocycles. The SMILES string of the molecule is CC(=O)C(=O)N(C)CC1CCOCC1. The number of ketones is 1. The van der Waals surface area contributed by atoms with Gasteiger partial charge in [0.25, 0.3) is 5.91 Å². The minimum Gasteiger partial charge on any atom is -0.381 e. The largest absolute Gasteiger partial charge is 0.381 e. The Morgan fingerprint density at radius 3 is 2.43 bits per heavy atom. The maximum Gasteiger partial charge on any atom is 0.289 e. The van der Waals surface area contributed by atoms with E-state index in [1.54, 1.807) is 7.05 Å². The van der Waals surface area contributed by atoms with Gasteiger partial charge in [-0.15, -0.1) is 0 Å². The first-order valence-electron chi connectivity index (χ1n) is 4.95. The Kier molecular flexibility index (Phi) is 4.07. The lowest BCUT2D eigenvalue weighted by Gasteiger charge is -2.26. The fraction of sp³-hybridized carbons (Fsp3) is 0.800. The number of likely N-dealkylation sites (N-methyl/N-ethyl adjacent to an activating group) is 1. The Labute approximate surface area is 84.2 Å². The van der Waals surface area contributed by atoms with Gasteiger partial charge >= 0.3 is 0 Å². The second kappa shape index (κ2) is 5.10. The topological polar surface area (TPSA) is 46.6 Å². The van der Waals surface area contributed by atoms with Crippen LogP contribution in [0.4, 0.5) is 0 Å². The Hall–Kier alpha value is -0.900. The summed E-state index contributed by atoms with van der Waals surface area (Å²) < 4.78 is 5.22. The molecule has 1 rings (SSSR count). The molecule has 0 atom stereocenters. The smallest absolute Gasteiger partial charge is 0.289 e. The van der Waals surface area contributed by atoms with E-state index < -0.39 is 5.91 Å². The van der Waals surface area contributed by atoms with Gasteiger partial charge in [0.1, 0.15) is 0 Å².